The van der Waals surface area contributed by atoms with Crippen molar-refractivity contribution in [3.05, 3.63) is 16.9 Å². The molecule has 116 valence electrons. The van der Waals surface area contributed by atoms with E-state index in [1.165, 1.54) is 6.20 Å². The first-order valence-electron chi connectivity index (χ1n) is 6.37. The van der Waals surface area contributed by atoms with Gasteiger partial charge in [0.2, 0.25) is 0 Å². The molecule has 8 heteroatoms. The quantitative estimate of drug-likeness (QED) is 0.839. The molecule has 0 saturated heterocycles. The van der Waals surface area contributed by atoms with Gasteiger partial charge in [-0.05, 0) is 20.4 Å². The Morgan fingerprint density at radius 2 is 2.10 bits per heavy atom. The molecule has 0 aliphatic heterocycles. The second-order valence-corrected chi connectivity index (χ2v) is 5.06. The Kier molecular flexibility index (Phi) is 6.29. The van der Waals surface area contributed by atoms with Gasteiger partial charge in [0.15, 0.2) is 0 Å². The molecule has 4 nitrogen and oxygen atoms in total. The van der Waals surface area contributed by atoms with Crippen molar-refractivity contribution in [3.8, 4) is 0 Å². The topological polar surface area (TPSA) is 39.1 Å². The molecule has 1 aromatic rings. The van der Waals surface area contributed by atoms with E-state index in [-0.39, 0.29) is 12.6 Å². The number of alkyl halides is 3. The first-order chi connectivity index (χ1) is 9.26. The van der Waals surface area contributed by atoms with Crippen molar-refractivity contribution in [1.29, 1.82) is 0 Å². The predicted molar refractivity (Wildman–Crippen MR) is 70.9 cm³/mol. The second kappa shape index (κ2) is 7.28. The lowest BCUT2D eigenvalue weighted by Gasteiger charge is -2.22. The summed E-state index contributed by atoms with van der Waals surface area (Å²) in [5.74, 6) is 0. The minimum atomic E-state index is -4.33. The van der Waals surface area contributed by atoms with E-state index in [2.05, 4.69) is 10.4 Å². The number of hydrogen-bond acceptors (Lipinski definition) is 3. The Labute approximate surface area is 121 Å². The standard InChI is InChI=1S/C12H19ClF3N3O/c1-4-17-10(6-20-7-12(14,15)16)11-9(13)5-18-19(11)8(2)3/h5,8,10,17H,4,6-7H2,1-3H3. The molecule has 1 heterocycles. The smallest absolute Gasteiger partial charge is 0.370 e. The third kappa shape index (κ3) is 4.96. The molecule has 1 aromatic heterocycles. The zero-order valence-corrected chi connectivity index (χ0v) is 12.4. The normalized spacial score (nSPS) is 14.0. The van der Waals surface area contributed by atoms with Crippen LogP contribution in [-0.4, -0.2) is 35.7 Å². The van der Waals surface area contributed by atoms with Gasteiger partial charge in [-0.3, -0.25) is 4.68 Å². The van der Waals surface area contributed by atoms with Gasteiger partial charge >= 0.3 is 6.18 Å². The molecule has 0 fully saturated rings. The number of nitrogens with zero attached hydrogens (tertiary/aromatic N) is 2. The minimum absolute atomic E-state index is 0.0567. The lowest BCUT2D eigenvalue weighted by atomic mass is 10.2. The monoisotopic (exact) mass is 313 g/mol. The molecule has 0 radical (unpaired) electrons. The molecule has 1 unspecified atom stereocenters. The molecule has 0 aromatic carbocycles. The van der Waals surface area contributed by atoms with E-state index in [1.54, 1.807) is 4.68 Å². The third-order valence-corrected chi connectivity index (χ3v) is 2.90. The summed E-state index contributed by atoms with van der Waals surface area (Å²) in [6.07, 6.45) is -2.84. The third-order valence-electron chi connectivity index (χ3n) is 2.61. The van der Waals surface area contributed by atoms with Crippen LogP contribution in [0, 0.1) is 0 Å². The summed E-state index contributed by atoms with van der Waals surface area (Å²) in [6.45, 7) is 4.90. The SMILES string of the molecule is CCNC(COCC(F)(F)F)c1c(Cl)cnn1C(C)C. The maximum Gasteiger partial charge on any atom is 0.411 e. The molecule has 0 spiro atoms. The summed E-state index contributed by atoms with van der Waals surface area (Å²) in [5, 5.41) is 7.63. The van der Waals surface area contributed by atoms with Crippen molar-refractivity contribution in [2.24, 2.45) is 0 Å². The molecule has 0 saturated carbocycles. The maximum atomic E-state index is 12.1. The second-order valence-electron chi connectivity index (χ2n) is 4.66. The summed E-state index contributed by atoms with van der Waals surface area (Å²) in [5.41, 5.74) is 0.644. The fourth-order valence-corrected chi connectivity index (χ4v) is 2.12. The highest BCUT2D eigenvalue weighted by atomic mass is 35.5. The van der Waals surface area contributed by atoms with E-state index >= 15 is 0 Å². The highest BCUT2D eigenvalue weighted by Crippen LogP contribution is 2.26. The number of halogens is 4. The van der Waals surface area contributed by atoms with Gasteiger partial charge in [0, 0.05) is 6.04 Å². The van der Waals surface area contributed by atoms with Crippen molar-refractivity contribution in [3.63, 3.8) is 0 Å². The molecule has 1 rings (SSSR count). The molecular weight excluding hydrogens is 295 g/mol. The van der Waals surface area contributed by atoms with E-state index < -0.39 is 18.8 Å². The van der Waals surface area contributed by atoms with Gasteiger partial charge in [-0.2, -0.15) is 18.3 Å². The van der Waals surface area contributed by atoms with Crippen molar-refractivity contribution >= 4 is 11.6 Å². The number of ether oxygens (including phenoxy) is 1. The van der Waals surface area contributed by atoms with Crippen LogP contribution in [-0.2, 0) is 4.74 Å². The van der Waals surface area contributed by atoms with Crippen molar-refractivity contribution in [1.82, 2.24) is 15.1 Å². The summed E-state index contributed by atoms with van der Waals surface area (Å²) in [7, 11) is 0. The van der Waals surface area contributed by atoms with Crippen LogP contribution in [0.25, 0.3) is 0 Å². The Balaban J connectivity index is 2.82. The lowest BCUT2D eigenvalue weighted by molar-refractivity contribution is -0.175. The van der Waals surface area contributed by atoms with Crippen LogP contribution in [0.15, 0.2) is 6.20 Å². The van der Waals surface area contributed by atoms with Gasteiger partial charge in [0.05, 0.1) is 29.6 Å². The van der Waals surface area contributed by atoms with E-state index in [0.29, 0.717) is 17.3 Å². The fraction of sp³-hybridized carbons (Fsp3) is 0.750. The summed E-state index contributed by atoms with van der Waals surface area (Å²) in [4.78, 5) is 0. The van der Waals surface area contributed by atoms with E-state index in [1.807, 2.05) is 20.8 Å². The Morgan fingerprint density at radius 3 is 2.60 bits per heavy atom. The number of nitrogens with one attached hydrogen (secondary N) is 1. The van der Waals surface area contributed by atoms with Gasteiger partial charge in [0.25, 0.3) is 0 Å². The molecule has 0 aliphatic carbocycles. The Morgan fingerprint density at radius 1 is 1.45 bits per heavy atom. The molecule has 0 bridgehead atoms. The number of hydrogen-bond donors (Lipinski definition) is 1. The van der Waals surface area contributed by atoms with Crippen LogP contribution in [0.3, 0.4) is 0 Å². The Bertz CT molecular complexity index is 421. The number of rotatable bonds is 7. The van der Waals surface area contributed by atoms with Crippen LogP contribution < -0.4 is 5.32 Å². The molecule has 20 heavy (non-hydrogen) atoms. The molecule has 0 aliphatic rings. The first kappa shape index (κ1) is 17.3. The molecular formula is C12H19ClF3N3O. The predicted octanol–water partition coefficient (Wildman–Crippen LogP) is 3.35. The van der Waals surface area contributed by atoms with Crippen LogP contribution in [0.1, 0.15) is 38.5 Å². The van der Waals surface area contributed by atoms with Gasteiger partial charge in [-0.15, -0.1) is 0 Å². The summed E-state index contributed by atoms with van der Waals surface area (Å²) < 4.78 is 42.8. The largest absolute Gasteiger partial charge is 0.411 e. The first-order valence-corrected chi connectivity index (χ1v) is 6.74. The molecule has 1 N–H and O–H groups in total. The van der Waals surface area contributed by atoms with Crippen LogP contribution >= 0.6 is 11.6 Å². The Hall–Kier alpha value is -0.790. The zero-order chi connectivity index (χ0) is 15.3. The van der Waals surface area contributed by atoms with E-state index in [0.717, 1.165) is 0 Å². The minimum Gasteiger partial charge on any atom is -0.370 e. The van der Waals surface area contributed by atoms with Crippen LogP contribution in [0.5, 0.6) is 0 Å². The summed E-state index contributed by atoms with van der Waals surface area (Å²) in [6, 6.07) is -0.374. The van der Waals surface area contributed by atoms with E-state index in [9.17, 15) is 13.2 Å². The molecule has 1 atom stereocenters. The summed E-state index contributed by atoms with van der Waals surface area (Å²) >= 11 is 6.09. The molecule has 0 amide bonds. The maximum absolute atomic E-state index is 12.1. The van der Waals surface area contributed by atoms with Crippen LogP contribution in [0.4, 0.5) is 13.2 Å². The van der Waals surface area contributed by atoms with Gasteiger partial charge in [-0.25, -0.2) is 0 Å². The average molecular weight is 314 g/mol. The lowest BCUT2D eigenvalue weighted by Crippen LogP contribution is -2.30. The van der Waals surface area contributed by atoms with Gasteiger partial charge in [-0.1, -0.05) is 18.5 Å². The van der Waals surface area contributed by atoms with E-state index in [4.69, 9.17) is 16.3 Å². The van der Waals surface area contributed by atoms with Gasteiger partial charge in [0.1, 0.15) is 6.61 Å². The number of likely N-dealkylation sites (N-methyl/N-ethyl adjacent to an activating group) is 1. The zero-order valence-electron chi connectivity index (χ0n) is 11.7. The van der Waals surface area contributed by atoms with Crippen molar-refractivity contribution in [2.45, 2.75) is 39.0 Å². The highest BCUT2D eigenvalue weighted by Gasteiger charge is 2.29. The van der Waals surface area contributed by atoms with Crippen molar-refractivity contribution < 1.29 is 17.9 Å². The van der Waals surface area contributed by atoms with Crippen LogP contribution in [0.2, 0.25) is 5.02 Å². The fourth-order valence-electron chi connectivity index (χ4n) is 1.86. The van der Waals surface area contributed by atoms with Gasteiger partial charge < -0.3 is 10.1 Å². The van der Waals surface area contributed by atoms with Crippen molar-refractivity contribution in [2.75, 3.05) is 19.8 Å². The average Bonchev–Trinajstić information content (AvgIpc) is 2.68. The number of aromatic nitrogens is 2. The highest BCUT2D eigenvalue weighted by molar-refractivity contribution is 6.31.